The first-order chi connectivity index (χ1) is 9.22. The van der Waals surface area contributed by atoms with Gasteiger partial charge in [0.2, 0.25) is 0 Å². The molecule has 1 heterocycles. The second kappa shape index (κ2) is 6.04. The Morgan fingerprint density at radius 3 is 2.74 bits per heavy atom. The van der Waals surface area contributed by atoms with Crippen LogP contribution in [0.4, 0.5) is 4.79 Å². The molecule has 0 aliphatic carbocycles. The number of carbonyl (C=O) groups is 2. The summed E-state index contributed by atoms with van der Waals surface area (Å²) in [6.07, 6.45) is 3.20. The van der Waals surface area contributed by atoms with Crippen LogP contribution in [-0.2, 0) is 20.9 Å². The number of nitrogens with zero attached hydrogens (tertiary/aromatic N) is 1. The molecule has 1 aliphatic heterocycles. The quantitative estimate of drug-likeness (QED) is 0.782. The van der Waals surface area contributed by atoms with Crippen molar-refractivity contribution >= 4 is 12.1 Å². The Hall–Kier alpha value is -2.30. The van der Waals surface area contributed by atoms with Crippen molar-refractivity contribution in [3.8, 4) is 0 Å². The van der Waals surface area contributed by atoms with Crippen LogP contribution in [0.25, 0.3) is 0 Å². The Balaban J connectivity index is 1.92. The molecule has 0 radical (unpaired) electrons. The van der Waals surface area contributed by atoms with Crippen molar-refractivity contribution in [3.63, 3.8) is 0 Å². The van der Waals surface area contributed by atoms with Crippen LogP contribution in [0, 0.1) is 0 Å². The highest BCUT2D eigenvalue weighted by molar-refractivity contribution is 5.83. The van der Waals surface area contributed by atoms with Crippen molar-refractivity contribution in [1.82, 2.24) is 4.90 Å². The van der Waals surface area contributed by atoms with Gasteiger partial charge in [-0.15, -0.1) is 0 Å². The monoisotopic (exact) mass is 261 g/mol. The van der Waals surface area contributed by atoms with Gasteiger partial charge in [-0.2, -0.15) is 0 Å². The van der Waals surface area contributed by atoms with Gasteiger partial charge in [-0.25, -0.2) is 9.59 Å². The molecule has 5 heteroatoms. The number of hydrogen-bond donors (Lipinski definition) is 0. The summed E-state index contributed by atoms with van der Waals surface area (Å²) in [4.78, 5) is 24.6. The lowest BCUT2D eigenvalue weighted by Gasteiger charge is -2.20. The zero-order valence-electron chi connectivity index (χ0n) is 10.6. The van der Waals surface area contributed by atoms with Gasteiger partial charge in [0.25, 0.3) is 0 Å². The molecule has 1 atom stereocenters. The number of rotatable bonds is 3. The molecule has 1 aromatic rings. The lowest BCUT2D eigenvalue weighted by molar-refractivity contribution is -0.145. The summed E-state index contributed by atoms with van der Waals surface area (Å²) in [5.74, 6) is -0.443. The maximum absolute atomic E-state index is 11.9. The number of benzene rings is 1. The molecule has 1 amide bonds. The molecule has 0 fully saturated rings. The second-order valence-electron chi connectivity index (χ2n) is 4.11. The first-order valence-corrected chi connectivity index (χ1v) is 5.96. The van der Waals surface area contributed by atoms with Crippen LogP contribution >= 0.6 is 0 Å². The van der Waals surface area contributed by atoms with Crippen molar-refractivity contribution in [3.05, 3.63) is 48.2 Å². The molecule has 2 rings (SSSR count). The van der Waals surface area contributed by atoms with Gasteiger partial charge in [-0.3, -0.25) is 4.90 Å². The maximum atomic E-state index is 11.9. The second-order valence-corrected chi connectivity index (χ2v) is 4.11. The molecular formula is C14H15NO4. The molecule has 0 saturated heterocycles. The molecule has 19 heavy (non-hydrogen) atoms. The lowest BCUT2D eigenvalue weighted by Crippen LogP contribution is -2.39. The molecule has 5 nitrogen and oxygen atoms in total. The summed E-state index contributed by atoms with van der Waals surface area (Å²) in [5.41, 5.74) is 0.897. The van der Waals surface area contributed by atoms with Crippen LogP contribution in [0.3, 0.4) is 0 Å². The summed E-state index contributed by atoms with van der Waals surface area (Å²) in [5, 5.41) is 0. The minimum atomic E-state index is -0.617. The molecule has 1 aliphatic rings. The first-order valence-electron chi connectivity index (χ1n) is 5.96. The minimum Gasteiger partial charge on any atom is -0.467 e. The standard InChI is InChI=1S/C14H15NO4/c1-18-13(16)12-8-5-9-15(12)14(17)19-10-11-6-3-2-4-7-11/h2-7,9,12H,8,10H2,1H3/t12-/m0/s1. The summed E-state index contributed by atoms with van der Waals surface area (Å²) in [6, 6.07) is 8.75. The number of amides is 1. The van der Waals surface area contributed by atoms with E-state index in [2.05, 4.69) is 4.74 Å². The molecule has 0 spiro atoms. The van der Waals surface area contributed by atoms with Crippen LogP contribution in [0.1, 0.15) is 12.0 Å². The molecule has 100 valence electrons. The van der Waals surface area contributed by atoms with Gasteiger partial charge in [0.1, 0.15) is 12.6 Å². The van der Waals surface area contributed by atoms with E-state index in [4.69, 9.17) is 4.74 Å². The number of carbonyl (C=O) groups excluding carboxylic acids is 2. The summed E-state index contributed by atoms with van der Waals surface area (Å²) < 4.78 is 9.81. The minimum absolute atomic E-state index is 0.178. The summed E-state index contributed by atoms with van der Waals surface area (Å²) >= 11 is 0. The maximum Gasteiger partial charge on any atom is 0.414 e. The van der Waals surface area contributed by atoms with E-state index in [1.54, 1.807) is 12.3 Å². The molecule has 0 N–H and O–H groups in total. The van der Waals surface area contributed by atoms with E-state index in [1.807, 2.05) is 30.3 Å². The molecule has 0 bridgehead atoms. The average molecular weight is 261 g/mol. The predicted molar refractivity (Wildman–Crippen MR) is 68.0 cm³/mol. The van der Waals surface area contributed by atoms with Gasteiger partial charge < -0.3 is 9.47 Å². The zero-order valence-corrected chi connectivity index (χ0v) is 10.6. The van der Waals surface area contributed by atoms with Crippen LogP contribution in [0.5, 0.6) is 0 Å². The topological polar surface area (TPSA) is 55.8 Å². The van der Waals surface area contributed by atoms with E-state index in [0.29, 0.717) is 6.42 Å². The third kappa shape index (κ3) is 3.13. The van der Waals surface area contributed by atoms with E-state index < -0.39 is 18.1 Å². The molecule has 1 aromatic carbocycles. The van der Waals surface area contributed by atoms with Gasteiger partial charge >= 0.3 is 12.1 Å². The highest BCUT2D eigenvalue weighted by Gasteiger charge is 2.32. The van der Waals surface area contributed by atoms with E-state index in [1.165, 1.54) is 12.0 Å². The fourth-order valence-corrected chi connectivity index (χ4v) is 1.85. The van der Waals surface area contributed by atoms with Crippen LogP contribution in [-0.4, -0.2) is 30.1 Å². The van der Waals surface area contributed by atoms with E-state index in [0.717, 1.165) is 5.56 Å². The largest absolute Gasteiger partial charge is 0.467 e. The van der Waals surface area contributed by atoms with Crippen LogP contribution in [0.2, 0.25) is 0 Å². The summed E-state index contributed by atoms with van der Waals surface area (Å²) in [6.45, 7) is 0.178. The molecule has 0 saturated carbocycles. The molecule has 0 unspecified atom stereocenters. The Kier molecular flexibility index (Phi) is 4.18. The average Bonchev–Trinajstić information content (AvgIpc) is 2.94. The van der Waals surface area contributed by atoms with Crippen molar-refractivity contribution < 1.29 is 19.1 Å². The van der Waals surface area contributed by atoms with E-state index >= 15 is 0 Å². The highest BCUT2D eigenvalue weighted by atomic mass is 16.6. The zero-order chi connectivity index (χ0) is 13.7. The van der Waals surface area contributed by atoms with Crippen LogP contribution < -0.4 is 0 Å². The van der Waals surface area contributed by atoms with Crippen molar-refractivity contribution in [1.29, 1.82) is 0 Å². The predicted octanol–water partition coefficient (Wildman–Crippen LogP) is 2.08. The van der Waals surface area contributed by atoms with Crippen molar-refractivity contribution in [2.75, 3.05) is 7.11 Å². The van der Waals surface area contributed by atoms with Gasteiger partial charge in [0.05, 0.1) is 7.11 Å². The SMILES string of the molecule is COC(=O)[C@@H]1CC=CN1C(=O)OCc1ccccc1. The smallest absolute Gasteiger partial charge is 0.414 e. The summed E-state index contributed by atoms with van der Waals surface area (Å²) in [7, 11) is 1.30. The highest BCUT2D eigenvalue weighted by Crippen LogP contribution is 2.17. The van der Waals surface area contributed by atoms with Gasteiger partial charge in [0.15, 0.2) is 0 Å². The Labute approximate surface area is 111 Å². The van der Waals surface area contributed by atoms with Gasteiger partial charge in [-0.05, 0) is 12.0 Å². The third-order valence-electron chi connectivity index (χ3n) is 2.85. The normalized spacial score (nSPS) is 17.3. The Morgan fingerprint density at radius 1 is 1.32 bits per heavy atom. The Bertz CT molecular complexity index is 483. The molecule has 0 aromatic heterocycles. The fourth-order valence-electron chi connectivity index (χ4n) is 1.85. The number of hydrogen-bond acceptors (Lipinski definition) is 4. The molecular weight excluding hydrogens is 246 g/mol. The number of methoxy groups -OCH3 is 1. The van der Waals surface area contributed by atoms with E-state index in [9.17, 15) is 9.59 Å². The van der Waals surface area contributed by atoms with E-state index in [-0.39, 0.29) is 6.61 Å². The number of ether oxygens (including phenoxy) is 2. The van der Waals surface area contributed by atoms with Crippen molar-refractivity contribution in [2.45, 2.75) is 19.1 Å². The number of esters is 1. The first kappa shape index (κ1) is 13.1. The van der Waals surface area contributed by atoms with Gasteiger partial charge in [-0.1, -0.05) is 36.4 Å². The Morgan fingerprint density at radius 2 is 2.05 bits per heavy atom. The lowest BCUT2D eigenvalue weighted by atomic mass is 10.2. The van der Waals surface area contributed by atoms with Crippen LogP contribution in [0.15, 0.2) is 42.6 Å². The third-order valence-corrected chi connectivity index (χ3v) is 2.85. The van der Waals surface area contributed by atoms with Crippen molar-refractivity contribution in [2.24, 2.45) is 0 Å². The van der Waals surface area contributed by atoms with Gasteiger partial charge in [0, 0.05) is 6.20 Å². The fraction of sp³-hybridized carbons (Fsp3) is 0.286.